The number of hydrogen-bond donors (Lipinski definition) is 2. The molecule has 2 fully saturated rings. The number of aliphatic hydroxyl groups is 1. The summed E-state index contributed by atoms with van der Waals surface area (Å²) in [5, 5.41) is 12.3. The first-order valence-electron chi connectivity index (χ1n) is 13.2. The second-order valence-corrected chi connectivity index (χ2v) is 10.4. The number of nitrogens with two attached hydrogens (primary N) is 1. The van der Waals surface area contributed by atoms with Crippen LogP contribution in [-0.4, -0.2) is 61.5 Å². The van der Waals surface area contributed by atoms with E-state index in [4.69, 9.17) is 15.2 Å². The van der Waals surface area contributed by atoms with Crippen LogP contribution in [0.25, 0.3) is 11.1 Å². The number of morpholine rings is 1. The Balaban J connectivity index is 1.70. The summed E-state index contributed by atoms with van der Waals surface area (Å²) in [6.07, 6.45) is 3.10. The number of unbranched alkanes of at least 4 members (excludes halogenated alkanes) is 1. The van der Waals surface area contributed by atoms with E-state index < -0.39 is 17.5 Å². The summed E-state index contributed by atoms with van der Waals surface area (Å²) in [6.45, 7) is 3.06. The molecule has 1 saturated heterocycles. The van der Waals surface area contributed by atoms with Gasteiger partial charge in [0.05, 0.1) is 13.2 Å². The van der Waals surface area contributed by atoms with Gasteiger partial charge < -0.3 is 25.2 Å². The molecule has 1 aliphatic carbocycles. The van der Waals surface area contributed by atoms with E-state index in [1.807, 2.05) is 0 Å². The molecule has 4 unspecified atom stereocenters. The number of methoxy groups -OCH3 is 1. The molecule has 4 atom stereocenters. The van der Waals surface area contributed by atoms with Gasteiger partial charge >= 0.3 is 0 Å². The fraction of sp³-hybridized carbons (Fsp3) is 0.552. The van der Waals surface area contributed by atoms with Gasteiger partial charge in [-0.25, -0.2) is 8.78 Å². The van der Waals surface area contributed by atoms with E-state index in [9.17, 15) is 14.3 Å². The van der Waals surface area contributed by atoms with Gasteiger partial charge in [-0.2, -0.15) is 0 Å². The molecular weight excluding hydrogens is 478 g/mol. The molecule has 2 aromatic carbocycles. The van der Waals surface area contributed by atoms with Crippen LogP contribution in [-0.2, 0) is 19.9 Å². The maximum Gasteiger partial charge on any atom is 0.225 e. The topological polar surface area (TPSA) is 85.0 Å². The standard InChI is InChI=1S/C29H38F2N2O4/c1-19-16-20(9-11-24(19)30)27-23(6-5-7-25(27)31)29(35,12-3-4-14-36-2)26-18-33(13-15-37-26)28(34)21-8-10-22(32)17-21/h5-7,9,11,16,21-22,26,35H,3-4,8,10,12-15,17-18,32H2,1-2H3. The highest BCUT2D eigenvalue weighted by Gasteiger charge is 2.45. The van der Waals surface area contributed by atoms with Gasteiger partial charge in [0.2, 0.25) is 5.91 Å². The molecule has 2 aliphatic rings. The zero-order chi connectivity index (χ0) is 26.6. The van der Waals surface area contributed by atoms with Crippen LogP contribution in [0.1, 0.15) is 49.7 Å². The van der Waals surface area contributed by atoms with Crippen LogP contribution in [0.15, 0.2) is 36.4 Å². The molecule has 4 rings (SSSR count). The lowest BCUT2D eigenvalue weighted by molar-refractivity contribution is -0.167. The molecule has 1 amide bonds. The van der Waals surface area contributed by atoms with E-state index in [0.717, 1.165) is 12.8 Å². The van der Waals surface area contributed by atoms with Gasteiger partial charge in [-0.1, -0.05) is 18.2 Å². The second-order valence-electron chi connectivity index (χ2n) is 10.4. The largest absolute Gasteiger partial charge is 0.385 e. The summed E-state index contributed by atoms with van der Waals surface area (Å²) in [6, 6.07) is 9.06. The predicted molar refractivity (Wildman–Crippen MR) is 138 cm³/mol. The van der Waals surface area contributed by atoms with E-state index in [1.54, 1.807) is 37.1 Å². The number of nitrogens with zero attached hydrogens (tertiary/aromatic N) is 1. The SMILES string of the molecule is COCCCCC(O)(c1cccc(F)c1-c1ccc(F)c(C)c1)C1CN(C(=O)C2CCC(N)C2)CCO1. The molecular formula is C29H38F2N2O4. The third-order valence-electron chi connectivity index (χ3n) is 7.82. The summed E-state index contributed by atoms with van der Waals surface area (Å²) < 4.78 is 40.7. The Kier molecular flexibility index (Phi) is 8.95. The van der Waals surface area contributed by atoms with E-state index >= 15 is 4.39 Å². The summed E-state index contributed by atoms with van der Waals surface area (Å²) >= 11 is 0. The minimum atomic E-state index is -1.58. The van der Waals surface area contributed by atoms with Gasteiger partial charge in [-0.3, -0.25) is 4.79 Å². The quantitative estimate of drug-likeness (QED) is 0.486. The summed E-state index contributed by atoms with van der Waals surface area (Å²) in [5.74, 6) is -0.970. The number of halogens is 2. The van der Waals surface area contributed by atoms with Crippen molar-refractivity contribution in [3.8, 4) is 11.1 Å². The number of carbonyl (C=O) groups excluding carboxylic acids is 1. The maximum absolute atomic E-state index is 15.4. The Bertz CT molecular complexity index is 1100. The second kappa shape index (κ2) is 12.0. The van der Waals surface area contributed by atoms with Gasteiger partial charge in [-0.05, 0) is 80.3 Å². The summed E-state index contributed by atoms with van der Waals surface area (Å²) in [7, 11) is 1.62. The van der Waals surface area contributed by atoms with Gasteiger partial charge in [-0.15, -0.1) is 0 Å². The number of amides is 1. The monoisotopic (exact) mass is 516 g/mol. The molecule has 202 valence electrons. The average Bonchev–Trinajstić information content (AvgIpc) is 3.34. The normalized spacial score (nSPS) is 23.7. The molecule has 37 heavy (non-hydrogen) atoms. The van der Waals surface area contributed by atoms with Crippen molar-refractivity contribution < 1.29 is 28.2 Å². The van der Waals surface area contributed by atoms with Gasteiger partial charge in [0, 0.05) is 37.8 Å². The summed E-state index contributed by atoms with van der Waals surface area (Å²) in [5.41, 5.74) is 5.91. The minimum absolute atomic E-state index is 0.0385. The van der Waals surface area contributed by atoms with Crippen LogP contribution in [0, 0.1) is 24.5 Å². The zero-order valence-electron chi connectivity index (χ0n) is 21.7. The smallest absolute Gasteiger partial charge is 0.225 e. The van der Waals surface area contributed by atoms with E-state index in [0.29, 0.717) is 49.1 Å². The first-order chi connectivity index (χ1) is 17.7. The Morgan fingerprint density at radius 1 is 1.22 bits per heavy atom. The Labute approximate surface area is 217 Å². The van der Waals surface area contributed by atoms with Crippen molar-refractivity contribution in [2.45, 2.75) is 63.2 Å². The number of benzene rings is 2. The van der Waals surface area contributed by atoms with Crippen molar-refractivity contribution in [2.75, 3.05) is 33.4 Å². The van der Waals surface area contributed by atoms with Crippen molar-refractivity contribution >= 4 is 5.91 Å². The molecule has 0 bridgehead atoms. The van der Waals surface area contributed by atoms with Crippen molar-refractivity contribution in [1.82, 2.24) is 4.90 Å². The predicted octanol–water partition coefficient (Wildman–Crippen LogP) is 4.30. The van der Waals surface area contributed by atoms with E-state index in [2.05, 4.69) is 0 Å². The number of hydrogen-bond acceptors (Lipinski definition) is 5. The van der Waals surface area contributed by atoms with Crippen LogP contribution in [0.2, 0.25) is 0 Å². The molecule has 3 N–H and O–H groups in total. The van der Waals surface area contributed by atoms with Gasteiger partial charge in [0.1, 0.15) is 23.3 Å². The van der Waals surface area contributed by atoms with Crippen molar-refractivity contribution in [3.05, 3.63) is 59.2 Å². The Morgan fingerprint density at radius 3 is 2.73 bits per heavy atom. The zero-order valence-corrected chi connectivity index (χ0v) is 21.7. The first kappa shape index (κ1) is 27.6. The highest BCUT2D eigenvalue weighted by molar-refractivity contribution is 5.79. The lowest BCUT2D eigenvalue weighted by Crippen LogP contribution is -2.55. The molecule has 1 heterocycles. The van der Waals surface area contributed by atoms with E-state index in [-0.39, 0.29) is 48.8 Å². The first-order valence-corrected chi connectivity index (χ1v) is 13.2. The van der Waals surface area contributed by atoms with E-state index in [1.165, 1.54) is 18.2 Å². The molecule has 6 nitrogen and oxygen atoms in total. The van der Waals surface area contributed by atoms with Crippen LogP contribution < -0.4 is 5.73 Å². The van der Waals surface area contributed by atoms with Gasteiger partial charge in [0.15, 0.2) is 0 Å². The molecule has 0 radical (unpaired) electrons. The van der Waals surface area contributed by atoms with Crippen molar-refractivity contribution in [3.63, 3.8) is 0 Å². The highest BCUT2D eigenvalue weighted by atomic mass is 19.1. The molecule has 0 spiro atoms. The van der Waals surface area contributed by atoms with Gasteiger partial charge in [0.25, 0.3) is 0 Å². The number of rotatable bonds is 9. The molecule has 8 heteroatoms. The third-order valence-corrected chi connectivity index (χ3v) is 7.82. The van der Waals surface area contributed by atoms with Crippen LogP contribution in [0.4, 0.5) is 8.78 Å². The molecule has 2 aromatic rings. The lowest BCUT2D eigenvalue weighted by Gasteiger charge is -2.43. The molecule has 1 saturated carbocycles. The fourth-order valence-electron chi connectivity index (χ4n) is 5.73. The highest BCUT2D eigenvalue weighted by Crippen LogP contribution is 2.41. The number of ether oxygens (including phenoxy) is 2. The lowest BCUT2D eigenvalue weighted by atomic mass is 9.78. The average molecular weight is 517 g/mol. The Hall–Kier alpha value is -2.39. The number of aryl methyl sites for hydroxylation is 1. The van der Waals surface area contributed by atoms with Crippen molar-refractivity contribution in [1.29, 1.82) is 0 Å². The fourth-order valence-corrected chi connectivity index (χ4v) is 5.73. The third kappa shape index (κ3) is 6.03. The molecule has 0 aromatic heterocycles. The van der Waals surface area contributed by atoms with Crippen LogP contribution in [0.3, 0.4) is 0 Å². The summed E-state index contributed by atoms with van der Waals surface area (Å²) in [4.78, 5) is 15.0. The van der Waals surface area contributed by atoms with Crippen molar-refractivity contribution in [2.24, 2.45) is 11.7 Å². The minimum Gasteiger partial charge on any atom is -0.385 e. The molecule has 1 aliphatic heterocycles. The van der Waals surface area contributed by atoms with Crippen LogP contribution in [0.5, 0.6) is 0 Å². The van der Waals surface area contributed by atoms with Crippen LogP contribution >= 0.6 is 0 Å². The maximum atomic E-state index is 15.4. The Morgan fingerprint density at radius 2 is 2.03 bits per heavy atom. The number of carbonyl (C=O) groups is 1.